The molecule has 0 aliphatic heterocycles. The van der Waals surface area contributed by atoms with Gasteiger partial charge in [-0.05, 0) is 30.2 Å². The van der Waals surface area contributed by atoms with Crippen molar-refractivity contribution in [1.82, 2.24) is 0 Å². The number of aliphatic hydroxyl groups is 1. The number of halogens is 1. The molecule has 0 saturated carbocycles. The number of aliphatic hydroxyl groups excluding tert-OH is 1. The first kappa shape index (κ1) is 10.2. The molecular weight excluding hydrogens is 171 g/mol. The van der Waals surface area contributed by atoms with Crippen LogP contribution in [0.3, 0.4) is 0 Å². The third-order valence-corrected chi connectivity index (χ3v) is 1.85. The summed E-state index contributed by atoms with van der Waals surface area (Å²) in [6.07, 6.45) is -0.592. The van der Waals surface area contributed by atoms with Gasteiger partial charge in [0.15, 0.2) is 0 Å². The van der Waals surface area contributed by atoms with E-state index in [-0.39, 0.29) is 5.82 Å². The van der Waals surface area contributed by atoms with E-state index in [1.54, 1.807) is 13.0 Å². The molecule has 0 fully saturated rings. The van der Waals surface area contributed by atoms with Crippen molar-refractivity contribution in [1.29, 1.82) is 0 Å². The Bertz CT molecular complexity index is 284. The van der Waals surface area contributed by atoms with E-state index in [1.807, 2.05) is 0 Å². The van der Waals surface area contributed by atoms with Crippen LogP contribution in [0.25, 0.3) is 0 Å². The monoisotopic (exact) mass is 184 g/mol. The molecule has 0 aromatic heterocycles. The molecule has 0 aliphatic rings. The lowest BCUT2D eigenvalue weighted by molar-refractivity contribution is 0.170. The fourth-order valence-electron chi connectivity index (χ4n) is 1.26. The van der Waals surface area contributed by atoms with Gasteiger partial charge in [-0.25, -0.2) is 4.39 Å². The van der Waals surface area contributed by atoms with Crippen LogP contribution < -0.4 is 0 Å². The van der Waals surface area contributed by atoms with E-state index in [1.165, 1.54) is 19.2 Å². The first-order valence-electron chi connectivity index (χ1n) is 4.10. The van der Waals surface area contributed by atoms with Crippen molar-refractivity contribution < 1.29 is 14.2 Å². The van der Waals surface area contributed by atoms with Gasteiger partial charge < -0.3 is 9.84 Å². The molecule has 13 heavy (non-hydrogen) atoms. The molecule has 0 amide bonds. The van der Waals surface area contributed by atoms with Crippen LogP contribution in [0.4, 0.5) is 4.39 Å². The fourth-order valence-corrected chi connectivity index (χ4v) is 1.26. The first-order chi connectivity index (χ1) is 6.15. The van der Waals surface area contributed by atoms with Gasteiger partial charge in [0, 0.05) is 7.11 Å². The minimum atomic E-state index is -0.592. The summed E-state index contributed by atoms with van der Waals surface area (Å²) in [5.41, 5.74) is 1.40. The molecule has 3 heteroatoms. The van der Waals surface area contributed by atoms with Crippen molar-refractivity contribution in [2.45, 2.75) is 19.6 Å². The molecule has 0 bridgehead atoms. The molecule has 0 spiro atoms. The maximum atomic E-state index is 12.8. The van der Waals surface area contributed by atoms with Gasteiger partial charge in [0.05, 0.1) is 12.7 Å². The van der Waals surface area contributed by atoms with Gasteiger partial charge in [0.25, 0.3) is 0 Å². The summed E-state index contributed by atoms with van der Waals surface area (Å²) in [4.78, 5) is 0. The predicted molar refractivity (Wildman–Crippen MR) is 47.7 cm³/mol. The van der Waals surface area contributed by atoms with Crippen molar-refractivity contribution >= 4 is 0 Å². The number of hydrogen-bond acceptors (Lipinski definition) is 2. The summed E-state index contributed by atoms with van der Waals surface area (Å²) in [6.45, 7) is 1.96. The second-order valence-corrected chi connectivity index (χ2v) is 2.95. The number of rotatable bonds is 3. The second kappa shape index (κ2) is 4.35. The lowest BCUT2D eigenvalue weighted by atomic mass is 10.0. The van der Waals surface area contributed by atoms with Crippen LogP contribution in [0.1, 0.15) is 24.2 Å². The average Bonchev–Trinajstić information content (AvgIpc) is 2.04. The highest BCUT2D eigenvalue weighted by Gasteiger charge is 2.08. The Hall–Kier alpha value is -0.930. The van der Waals surface area contributed by atoms with Crippen LogP contribution in [-0.4, -0.2) is 12.2 Å². The SMILES string of the molecule is COCc1cc(F)ccc1[C@@H](C)O. The fraction of sp³-hybridized carbons (Fsp3) is 0.400. The van der Waals surface area contributed by atoms with E-state index in [0.29, 0.717) is 17.7 Å². The standard InChI is InChI=1S/C10H13FO2/c1-7(12)10-4-3-9(11)5-8(10)6-13-2/h3-5,7,12H,6H2,1-2H3/t7-/m1/s1. The van der Waals surface area contributed by atoms with Crippen LogP contribution in [0.5, 0.6) is 0 Å². The van der Waals surface area contributed by atoms with Crippen molar-refractivity contribution in [3.8, 4) is 0 Å². The molecule has 0 saturated heterocycles. The summed E-state index contributed by atoms with van der Waals surface area (Å²) < 4.78 is 17.7. The molecule has 0 heterocycles. The number of hydrogen-bond donors (Lipinski definition) is 1. The summed E-state index contributed by atoms with van der Waals surface area (Å²) in [5.74, 6) is -0.309. The highest BCUT2D eigenvalue weighted by molar-refractivity contribution is 5.28. The Morgan fingerprint density at radius 2 is 2.23 bits per heavy atom. The topological polar surface area (TPSA) is 29.5 Å². The number of benzene rings is 1. The second-order valence-electron chi connectivity index (χ2n) is 2.95. The molecule has 1 rings (SSSR count). The van der Waals surface area contributed by atoms with E-state index in [2.05, 4.69) is 0 Å². The Balaban J connectivity index is 3.03. The Kier molecular flexibility index (Phi) is 3.39. The lowest BCUT2D eigenvalue weighted by Gasteiger charge is -2.10. The van der Waals surface area contributed by atoms with Crippen LogP contribution >= 0.6 is 0 Å². The molecule has 1 aromatic rings. The predicted octanol–water partition coefficient (Wildman–Crippen LogP) is 2.03. The van der Waals surface area contributed by atoms with Gasteiger partial charge in [-0.1, -0.05) is 6.07 Å². The maximum Gasteiger partial charge on any atom is 0.123 e. The summed E-state index contributed by atoms with van der Waals surface area (Å²) in [5, 5.41) is 9.34. The smallest absolute Gasteiger partial charge is 0.123 e. The van der Waals surface area contributed by atoms with Crippen LogP contribution in [-0.2, 0) is 11.3 Å². The summed E-state index contributed by atoms with van der Waals surface area (Å²) in [6, 6.07) is 4.29. The van der Waals surface area contributed by atoms with Gasteiger partial charge in [0.2, 0.25) is 0 Å². The van der Waals surface area contributed by atoms with Crippen LogP contribution in [0.2, 0.25) is 0 Å². The number of ether oxygens (including phenoxy) is 1. The van der Waals surface area contributed by atoms with Gasteiger partial charge in [-0.2, -0.15) is 0 Å². The molecule has 2 nitrogen and oxygen atoms in total. The number of methoxy groups -OCH3 is 1. The van der Waals surface area contributed by atoms with Crippen LogP contribution in [0, 0.1) is 5.82 Å². The van der Waals surface area contributed by atoms with Gasteiger partial charge in [-0.3, -0.25) is 0 Å². The van der Waals surface area contributed by atoms with Crippen molar-refractivity contribution in [2.75, 3.05) is 7.11 Å². The van der Waals surface area contributed by atoms with E-state index >= 15 is 0 Å². The van der Waals surface area contributed by atoms with Crippen molar-refractivity contribution in [2.24, 2.45) is 0 Å². The minimum absolute atomic E-state index is 0.309. The highest BCUT2D eigenvalue weighted by atomic mass is 19.1. The molecule has 0 unspecified atom stereocenters. The maximum absolute atomic E-state index is 12.8. The minimum Gasteiger partial charge on any atom is -0.389 e. The van der Waals surface area contributed by atoms with E-state index < -0.39 is 6.10 Å². The Morgan fingerprint density at radius 1 is 1.54 bits per heavy atom. The largest absolute Gasteiger partial charge is 0.389 e. The zero-order valence-corrected chi connectivity index (χ0v) is 7.75. The zero-order chi connectivity index (χ0) is 9.84. The molecule has 72 valence electrons. The van der Waals surface area contributed by atoms with E-state index in [4.69, 9.17) is 4.74 Å². The van der Waals surface area contributed by atoms with E-state index in [9.17, 15) is 9.50 Å². The first-order valence-corrected chi connectivity index (χ1v) is 4.10. The molecule has 0 aliphatic carbocycles. The normalized spacial score (nSPS) is 12.9. The van der Waals surface area contributed by atoms with Gasteiger partial charge in [-0.15, -0.1) is 0 Å². The highest BCUT2D eigenvalue weighted by Crippen LogP contribution is 2.19. The summed E-state index contributed by atoms with van der Waals surface area (Å²) >= 11 is 0. The molecule has 1 N–H and O–H groups in total. The average molecular weight is 184 g/mol. The van der Waals surface area contributed by atoms with Gasteiger partial charge >= 0.3 is 0 Å². The Labute approximate surface area is 77.0 Å². The zero-order valence-electron chi connectivity index (χ0n) is 7.75. The summed E-state index contributed by atoms with van der Waals surface area (Å²) in [7, 11) is 1.54. The van der Waals surface area contributed by atoms with Crippen molar-refractivity contribution in [3.05, 3.63) is 35.1 Å². The van der Waals surface area contributed by atoms with Gasteiger partial charge in [0.1, 0.15) is 5.82 Å². The molecule has 1 atom stereocenters. The quantitative estimate of drug-likeness (QED) is 0.778. The van der Waals surface area contributed by atoms with E-state index in [0.717, 1.165) is 0 Å². The third-order valence-electron chi connectivity index (χ3n) is 1.85. The van der Waals surface area contributed by atoms with Crippen molar-refractivity contribution in [3.63, 3.8) is 0 Å². The molecular formula is C10H13FO2. The Morgan fingerprint density at radius 3 is 2.77 bits per heavy atom. The lowest BCUT2D eigenvalue weighted by Crippen LogP contribution is -2.00. The molecule has 0 radical (unpaired) electrons. The third kappa shape index (κ3) is 2.50. The molecule has 1 aromatic carbocycles. The van der Waals surface area contributed by atoms with Crippen LogP contribution in [0.15, 0.2) is 18.2 Å².